The molecule has 0 spiro atoms. The topological polar surface area (TPSA) is 140 Å². The minimum Gasteiger partial charge on any atom is -0.494 e. The van der Waals surface area contributed by atoms with Gasteiger partial charge in [-0.3, -0.25) is 14.7 Å². The Labute approximate surface area is 236 Å². The number of nitrogens with zero attached hydrogens (tertiary/aromatic N) is 6. The number of nitriles is 2. The molecule has 0 saturated carbocycles. The lowest BCUT2D eigenvalue weighted by Gasteiger charge is -2.21. The van der Waals surface area contributed by atoms with Crippen LogP contribution in [0.5, 0.6) is 5.75 Å². The van der Waals surface area contributed by atoms with E-state index in [2.05, 4.69) is 4.98 Å². The number of pyridine rings is 1. The van der Waals surface area contributed by atoms with Gasteiger partial charge >= 0.3 is 0 Å². The summed E-state index contributed by atoms with van der Waals surface area (Å²) in [4.78, 5) is 24.3. The number of hydrogen-bond donors (Lipinski definition) is 0. The van der Waals surface area contributed by atoms with Crippen molar-refractivity contribution in [1.82, 2.24) is 14.3 Å². The third kappa shape index (κ3) is 6.10. The van der Waals surface area contributed by atoms with Gasteiger partial charge in [0.05, 0.1) is 35.4 Å². The lowest BCUT2D eigenvalue weighted by Crippen LogP contribution is -2.33. The fraction of sp³-hybridized carbons (Fsp3) is 0.250. The second-order valence-electron chi connectivity index (χ2n) is 8.76. The third-order valence-corrected chi connectivity index (χ3v) is 9.26. The molecule has 0 aliphatic heterocycles. The number of carbonyl (C=O) groups is 1. The summed E-state index contributed by atoms with van der Waals surface area (Å²) in [6, 6.07) is 16.9. The highest BCUT2D eigenvalue weighted by Crippen LogP contribution is 2.37. The Morgan fingerprint density at radius 3 is 2.35 bits per heavy atom. The van der Waals surface area contributed by atoms with Crippen molar-refractivity contribution in [3.8, 4) is 17.9 Å². The van der Waals surface area contributed by atoms with E-state index in [9.17, 15) is 13.2 Å². The maximum Gasteiger partial charge on any atom is 0.260 e. The molecule has 0 N–H and O–H groups in total. The number of aromatic nitrogens is 2. The van der Waals surface area contributed by atoms with Crippen molar-refractivity contribution in [1.29, 1.82) is 10.5 Å². The molecule has 0 saturated heterocycles. The molecule has 12 heteroatoms. The number of fused-ring (bicyclic) bond motifs is 1. The highest BCUT2D eigenvalue weighted by Gasteiger charge is 2.26. The van der Waals surface area contributed by atoms with Crippen LogP contribution in [0.2, 0.25) is 0 Å². The maximum atomic E-state index is 13.9. The summed E-state index contributed by atoms with van der Waals surface area (Å²) in [5, 5.41) is 18.3. The van der Waals surface area contributed by atoms with Crippen LogP contribution in [0.1, 0.15) is 34.3 Å². The average molecular weight is 575 g/mol. The monoisotopic (exact) mass is 574 g/mol. The molecule has 0 radical (unpaired) electrons. The van der Waals surface area contributed by atoms with Gasteiger partial charge in [-0.2, -0.15) is 14.8 Å². The first-order chi connectivity index (χ1) is 19.3. The van der Waals surface area contributed by atoms with Crippen LogP contribution in [0.15, 0.2) is 65.8 Å². The van der Waals surface area contributed by atoms with Gasteiger partial charge in [-0.05, 0) is 54.4 Å². The number of methoxy groups -OCH3 is 1. The van der Waals surface area contributed by atoms with Crippen LogP contribution in [-0.4, -0.2) is 48.8 Å². The van der Waals surface area contributed by atoms with E-state index in [4.69, 9.17) is 20.2 Å². The van der Waals surface area contributed by atoms with E-state index >= 15 is 0 Å². The van der Waals surface area contributed by atoms with E-state index in [1.54, 1.807) is 25.6 Å². The molecule has 0 unspecified atom stereocenters. The zero-order valence-corrected chi connectivity index (χ0v) is 23.6. The average Bonchev–Trinajstić information content (AvgIpc) is 3.42. The molecule has 40 heavy (non-hydrogen) atoms. The van der Waals surface area contributed by atoms with Crippen molar-refractivity contribution in [2.45, 2.75) is 31.2 Å². The Hall–Kier alpha value is -4.36. The predicted octanol–water partition coefficient (Wildman–Crippen LogP) is 4.67. The number of anilines is 1. The van der Waals surface area contributed by atoms with Gasteiger partial charge in [-0.25, -0.2) is 13.4 Å². The van der Waals surface area contributed by atoms with E-state index in [-0.39, 0.29) is 48.8 Å². The molecule has 0 aliphatic carbocycles. The summed E-state index contributed by atoms with van der Waals surface area (Å²) >= 11 is 1.37. The summed E-state index contributed by atoms with van der Waals surface area (Å²) in [7, 11) is -2.40. The summed E-state index contributed by atoms with van der Waals surface area (Å²) < 4.78 is 33.9. The number of thiazole rings is 1. The number of carbonyl (C=O) groups excluding carboxylic acids is 1. The van der Waals surface area contributed by atoms with Gasteiger partial charge in [0.2, 0.25) is 10.0 Å². The van der Waals surface area contributed by atoms with Gasteiger partial charge < -0.3 is 4.74 Å². The number of amides is 1. The van der Waals surface area contributed by atoms with E-state index in [1.165, 1.54) is 40.5 Å². The van der Waals surface area contributed by atoms with Crippen LogP contribution in [0.25, 0.3) is 10.2 Å². The number of benzene rings is 2. The molecule has 0 aliphatic rings. The third-order valence-electron chi connectivity index (χ3n) is 6.14. The first kappa shape index (κ1) is 28.6. The molecular weight excluding hydrogens is 548 g/mol. The second kappa shape index (κ2) is 12.7. The summed E-state index contributed by atoms with van der Waals surface area (Å²) in [5.41, 5.74) is 2.72. The number of sulfonamides is 1. The van der Waals surface area contributed by atoms with Crippen molar-refractivity contribution in [2.24, 2.45) is 0 Å². The highest BCUT2D eigenvalue weighted by atomic mass is 32.2. The van der Waals surface area contributed by atoms with Gasteiger partial charge in [0, 0.05) is 43.9 Å². The molecular formula is C28H26N6O4S2. The molecule has 204 valence electrons. The zero-order chi connectivity index (χ0) is 28.7. The van der Waals surface area contributed by atoms with Gasteiger partial charge in [-0.1, -0.05) is 23.5 Å². The van der Waals surface area contributed by atoms with Gasteiger partial charge in [0.25, 0.3) is 5.91 Å². The van der Waals surface area contributed by atoms with Crippen LogP contribution in [0, 0.1) is 29.6 Å². The van der Waals surface area contributed by atoms with E-state index in [0.717, 1.165) is 20.1 Å². The Morgan fingerprint density at radius 2 is 1.75 bits per heavy atom. The normalized spacial score (nSPS) is 11.2. The van der Waals surface area contributed by atoms with Crippen LogP contribution >= 0.6 is 11.3 Å². The fourth-order valence-electron chi connectivity index (χ4n) is 4.06. The standard InChI is InChI=1S/C28H26N6O4S2/c1-20-7-12-24(38-2)25-26(20)39-28(32-25)34(19-21-6-3-15-31-18-21)27(35)22-8-10-23(11-9-22)40(36,37)33(16-4-13-29)17-5-14-30/h3,6-12,15,18H,4-5,16-17,19H2,1-2H3. The Morgan fingerprint density at radius 1 is 1.05 bits per heavy atom. The van der Waals surface area contributed by atoms with Gasteiger partial charge in [-0.15, -0.1) is 0 Å². The fourth-order valence-corrected chi connectivity index (χ4v) is 6.55. The molecule has 2 heterocycles. The van der Waals surface area contributed by atoms with Crippen LogP contribution in [-0.2, 0) is 16.6 Å². The Kier molecular flexibility index (Phi) is 9.07. The lowest BCUT2D eigenvalue weighted by molar-refractivity contribution is 0.0985. The number of aryl methyl sites for hydroxylation is 1. The van der Waals surface area contributed by atoms with Crippen molar-refractivity contribution in [3.05, 3.63) is 77.6 Å². The SMILES string of the molecule is COc1ccc(C)c2sc(N(Cc3cccnc3)C(=O)c3ccc(S(=O)(=O)N(CCC#N)CCC#N)cc3)nc12. The van der Waals surface area contributed by atoms with Crippen molar-refractivity contribution in [3.63, 3.8) is 0 Å². The lowest BCUT2D eigenvalue weighted by atomic mass is 10.2. The van der Waals surface area contributed by atoms with E-state index in [0.29, 0.717) is 16.4 Å². The van der Waals surface area contributed by atoms with Crippen LogP contribution in [0.3, 0.4) is 0 Å². The van der Waals surface area contributed by atoms with Crippen LogP contribution < -0.4 is 9.64 Å². The van der Waals surface area contributed by atoms with Crippen molar-refractivity contribution < 1.29 is 17.9 Å². The smallest absolute Gasteiger partial charge is 0.260 e. The largest absolute Gasteiger partial charge is 0.494 e. The maximum absolute atomic E-state index is 13.9. The number of hydrogen-bond acceptors (Lipinski definition) is 9. The first-order valence-electron chi connectivity index (χ1n) is 12.3. The minimum atomic E-state index is -3.97. The molecule has 4 aromatic rings. The molecule has 2 aromatic heterocycles. The Bertz CT molecular complexity index is 1670. The molecule has 0 bridgehead atoms. The van der Waals surface area contributed by atoms with E-state index < -0.39 is 10.0 Å². The minimum absolute atomic E-state index is 0.00302. The molecule has 10 nitrogen and oxygen atoms in total. The van der Waals surface area contributed by atoms with Crippen LogP contribution in [0.4, 0.5) is 5.13 Å². The van der Waals surface area contributed by atoms with Crippen molar-refractivity contribution >= 4 is 42.6 Å². The van der Waals surface area contributed by atoms with E-state index in [1.807, 2.05) is 37.3 Å². The van der Waals surface area contributed by atoms with Gasteiger partial charge in [0.1, 0.15) is 11.3 Å². The predicted molar refractivity (Wildman–Crippen MR) is 151 cm³/mol. The molecule has 0 atom stereocenters. The van der Waals surface area contributed by atoms with Crippen molar-refractivity contribution in [2.75, 3.05) is 25.1 Å². The molecule has 0 fully saturated rings. The quantitative estimate of drug-likeness (QED) is 0.252. The molecule has 4 rings (SSSR count). The second-order valence-corrected chi connectivity index (χ2v) is 11.7. The summed E-state index contributed by atoms with van der Waals surface area (Å²) in [6.07, 6.45) is 3.32. The highest BCUT2D eigenvalue weighted by molar-refractivity contribution is 7.89. The zero-order valence-electron chi connectivity index (χ0n) is 21.9. The summed E-state index contributed by atoms with van der Waals surface area (Å²) in [6.45, 7) is 2.11. The summed E-state index contributed by atoms with van der Waals surface area (Å²) in [5.74, 6) is 0.234. The molecule has 2 aromatic carbocycles. The van der Waals surface area contributed by atoms with Gasteiger partial charge in [0.15, 0.2) is 5.13 Å². The number of ether oxygens (including phenoxy) is 1. The Balaban J connectivity index is 1.70. The molecule has 1 amide bonds. The first-order valence-corrected chi connectivity index (χ1v) is 14.5. The number of rotatable bonds is 11.